The first-order chi connectivity index (χ1) is 50.9. The normalized spacial score (nSPS) is 20.0. The number of anilines is 7. The molecule has 111 heavy (non-hydrogen) atoms. The number of carbonyl (C=O) groups excluding carboxylic acids is 4. The van der Waals surface area contributed by atoms with Gasteiger partial charge in [0.1, 0.15) is 39.5 Å². The molecule has 4 bridgehead atoms. The molecular weight excluding hydrogens is 1560 g/mol. The summed E-state index contributed by atoms with van der Waals surface area (Å²) in [6.07, 6.45) is -5.92. The van der Waals surface area contributed by atoms with Gasteiger partial charge in [-0.25, -0.2) is 75.4 Å². The topological polar surface area (TPSA) is 361 Å². The van der Waals surface area contributed by atoms with Crippen molar-refractivity contribution in [3.8, 4) is 11.4 Å². The number of nitrogens with two attached hydrogens (primary N) is 1. The van der Waals surface area contributed by atoms with Crippen molar-refractivity contribution in [1.82, 2.24) is 59.8 Å². The second kappa shape index (κ2) is 36.8. The Morgan fingerprint density at radius 2 is 0.856 bits per heavy atom. The number of nitrogen functional groups attached to an aromatic ring is 1. The standard InChI is InChI=1S/C21H32BF2N3O6.C18H22F2N8O2.C15H20BrF2N3O4.C13H18ClN5O2.2CH4/c1-18(2,3)30-16(28)27(17(29)31-19(4,5)6)15-25-11-12(13(26-15)14(23)24)22-32-20(7,8)21(9,10)33-22;19-14(20)13-12(7-22-16(21)23-13)15-24-17(27-3-5-29-6-4-27)26-18(25-15)28-10-1-2-11(28)9-30-8-10;1-14(2,3)24-12(22)21(13(23)25-15(4,5)6)11-19-7-8(16)9(20-11)10(17)18;14-11-15-12(18-3-5-20-6-4-18)17-13(16-11)19-9-1-2-10(19)8-21-7-9;;/h11,14H,1-10H3;7,10-11,14H,1-6,8-9H2,(H2,21,22,23);7,10H,1-6H3;9-10H,1-8H2;2*1H4. The Morgan fingerprint density at radius 1 is 0.505 bits per heavy atom. The highest BCUT2D eigenvalue weighted by molar-refractivity contribution is 9.10. The maximum Gasteiger partial charge on any atom is 0.498 e. The molecule has 0 aliphatic carbocycles. The predicted molar refractivity (Wildman–Crippen MR) is 402 cm³/mol. The summed E-state index contributed by atoms with van der Waals surface area (Å²) in [7, 11) is -1.16. The third kappa shape index (κ3) is 23.5. The van der Waals surface area contributed by atoms with Crippen LogP contribution in [-0.4, -0.2) is 228 Å². The number of hydrogen-bond acceptors (Lipinski definition) is 31. The zero-order valence-corrected chi connectivity index (χ0v) is 65.9. The zero-order valence-electron chi connectivity index (χ0n) is 63.5. The molecule has 614 valence electrons. The van der Waals surface area contributed by atoms with Gasteiger partial charge in [0.2, 0.25) is 46.9 Å². The van der Waals surface area contributed by atoms with Gasteiger partial charge >= 0.3 is 31.5 Å². The van der Waals surface area contributed by atoms with Crippen LogP contribution in [0.4, 0.5) is 87.2 Å². The number of fused-ring (bicyclic) bond motifs is 4. The number of nitrogens with zero attached hydrogens (tertiary/aromatic N) is 18. The lowest BCUT2D eigenvalue weighted by Gasteiger charge is -2.35. The fourth-order valence-electron chi connectivity index (χ4n) is 11.7. The molecule has 0 aromatic carbocycles. The van der Waals surface area contributed by atoms with E-state index in [9.17, 15) is 45.5 Å². The monoisotopic (exact) mass is 1660 g/mol. The van der Waals surface area contributed by atoms with Gasteiger partial charge in [-0.3, -0.25) is 0 Å². The lowest BCUT2D eigenvalue weighted by atomic mass is 9.79. The number of morpholine rings is 4. The second-order valence-electron chi connectivity index (χ2n) is 30.8. The molecule has 12 rings (SSSR count). The molecule has 5 aromatic heterocycles. The van der Waals surface area contributed by atoms with Crippen LogP contribution in [-0.2, 0) is 47.2 Å². The minimum atomic E-state index is -3.07. The van der Waals surface area contributed by atoms with Gasteiger partial charge in [-0.2, -0.15) is 29.9 Å². The van der Waals surface area contributed by atoms with E-state index in [2.05, 4.69) is 85.5 Å². The smallest absolute Gasteiger partial charge is 0.443 e. The highest BCUT2D eigenvalue weighted by Crippen LogP contribution is 2.40. The quantitative estimate of drug-likeness (QED) is 0.0729. The van der Waals surface area contributed by atoms with E-state index in [1.165, 1.54) is 6.20 Å². The Balaban J connectivity index is 0.000000207. The van der Waals surface area contributed by atoms with E-state index < -0.39 is 113 Å². The number of rotatable bonds is 11. The summed E-state index contributed by atoms with van der Waals surface area (Å²) in [6, 6.07) is 1.04. The largest absolute Gasteiger partial charge is 0.498 e. The highest BCUT2D eigenvalue weighted by atomic mass is 79.9. The van der Waals surface area contributed by atoms with Crippen molar-refractivity contribution in [3.05, 3.63) is 45.4 Å². The molecule has 7 aliphatic heterocycles. The molecule has 12 heterocycles. The van der Waals surface area contributed by atoms with Gasteiger partial charge in [0.15, 0.2) is 5.82 Å². The van der Waals surface area contributed by atoms with Crippen LogP contribution in [0.1, 0.15) is 188 Å². The maximum absolute atomic E-state index is 14.0. The van der Waals surface area contributed by atoms with Crippen molar-refractivity contribution in [1.29, 1.82) is 0 Å². The van der Waals surface area contributed by atoms with E-state index in [0.29, 0.717) is 98.4 Å². The van der Waals surface area contributed by atoms with Crippen molar-refractivity contribution in [2.45, 2.75) is 228 Å². The second-order valence-corrected chi connectivity index (χ2v) is 32.0. The van der Waals surface area contributed by atoms with Crippen molar-refractivity contribution >= 4 is 106 Å². The number of ether oxygens (including phenoxy) is 8. The number of imide groups is 2. The van der Waals surface area contributed by atoms with Crippen molar-refractivity contribution in [2.75, 3.05) is 114 Å². The first-order valence-corrected chi connectivity index (χ1v) is 36.3. The van der Waals surface area contributed by atoms with Gasteiger partial charge in [0.05, 0.1) is 98.3 Å². The molecule has 0 saturated carbocycles. The van der Waals surface area contributed by atoms with E-state index in [-0.39, 0.29) is 59.5 Å². The van der Waals surface area contributed by atoms with Crippen LogP contribution in [0.15, 0.2) is 23.1 Å². The summed E-state index contributed by atoms with van der Waals surface area (Å²) in [6.45, 7) is 34.1. The Hall–Kier alpha value is -8.09. The van der Waals surface area contributed by atoms with E-state index in [1.54, 1.807) is 111 Å². The highest BCUT2D eigenvalue weighted by Gasteiger charge is 2.54. The van der Waals surface area contributed by atoms with Crippen LogP contribution in [0, 0.1) is 0 Å². The first kappa shape index (κ1) is 90.1. The Morgan fingerprint density at radius 3 is 1.24 bits per heavy atom. The molecule has 2 N–H and O–H groups in total. The Bertz CT molecular complexity index is 3930. The molecule has 42 heteroatoms. The molecule has 7 aliphatic rings. The molecule has 4 atom stereocenters. The van der Waals surface area contributed by atoms with Crippen LogP contribution in [0.2, 0.25) is 5.28 Å². The fourth-order valence-corrected chi connectivity index (χ4v) is 12.2. The molecule has 33 nitrogen and oxygen atoms in total. The minimum Gasteiger partial charge on any atom is -0.443 e. The number of amides is 4. The number of hydrogen-bond donors (Lipinski definition) is 1. The molecule has 4 unspecified atom stereocenters. The van der Waals surface area contributed by atoms with Gasteiger partial charge in [-0.15, -0.1) is 9.80 Å². The van der Waals surface area contributed by atoms with Gasteiger partial charge in [0.25, 0.3) is 19.3 Å². The molecule has 7 saturated heterocycles. The van der Waals surface area contributed by atoms with Crippen molar-refractivity contribution in [2.24, 2.45) is 0 Å². The van der Waals surface area contributed by atoms with Gasteiger partial charge < -0.3 is 72.5 Å². The van der Waals surface area contributed by atoms with Gasteiger partial charge in [-0.05, 0) is 164 Å². The number of alkyl halides is 6. The summed E-state index contributed by atoms with van der Waals surface area (Å²) >= 11 is 9.02. The summed E-state index contributed by atoms with van der Waals surface area (Å²) < 4.78 is 136. The average molecular weight is 1660 g/mol. The number of carbonyl (C=O) groups is 4. The van der Waals surface area contributed by atoms with Crippen LogP contribution in [0.5, 0.6) is 0 Å². The Labute approximate surface area is 655 Å². The van der Waals surface area contributed by atoms with Gasteiger partial charge in [0, 0.05) is 50.2 Å². The first-order valence-electron chi connectivity index (χ1n) is 35.2. The van der Waals surface area contributed by atoms with Crippen LogP contribution < -0.4 is 40.6 Å². The summed E-state index contributed by atoms with van der Waals surface area (Å²) in [5.74, 6) is 0.948. The zero-order chi connectivity index (χ0) is 80.0. The molecule has 7 fully saturated rings. The van der Waals surface area contributed by atoms with Gasteiger partial charge in [-0.1, -0.05) is 14.9 Å². The Kier molecular flexibility index (Phi) is 29.9. The SMILES string of the molecule is C.C.CC(C)(C)OC(=O)N(C(=O)OC(C)(C)C)c1ncc(B2OC(C)(C)C(C)(C)O2)c(C(F)F)n1.CC(C)(C)OC(=O)N(C(=O)OC(C)(C)C)c1ncc(Br)c(C(F)F)n1.Clc1nc(N2CCOCC2)nc(N2C3CCC2COC3)n1.Nc1ncc(-c2nc(N3CCOCC3)nc(N3C4CCC3COC4)n2)c(C(F)F)n1. The van der Waals surface area contributed by atoms with E-state index >= 15 is 0 Å². The molecule has 0 radical (unpaired) electrons. The molecule has 4 amide bonds. The van der Waals surface area contributed by atoms with Crippen LogP contribution >= 0.6 is 27.5 Å². The summed E-state index contributed by atoms with van der Waals surface area (Å²) in [5, 5.41) is 0.257. The third-order valence-corrected chi connectivity index (χ3v) is 18.0. The van der Waals surface area contributed by atoms with Crippen LogP contribution in [0.25, 0.3) is 11.4 Å². The fraction of sp³-hybridized carbons (Fsp3) is 0.681. The summed E-state index contributed by atoms with van der Waals surface area (Å²) in [4.78, 5) is 109. The lowest BCUT2D eigenvalue weighted by Crippen LogP contribution is -2.47. The molecule has 5 aromatic rings. The lowest BCUT2D eigenvalue weighted by molar-refractivity contribution is 0.00578. The van der Waals surface area contributed by atoms with Crippen molar-refractivity contribution in [3.63, 3.8) is 0 Å². The molecular formula is C69H100BBrClF6N19O14. The average Bonchev–Trinajstić information content (AvgIpc) is 1.70. The van der Waals surface area contributed by atoms with E-state index in [0.717, 1.165) is 64.4 Å². The van der Waals surface area contributed by atoms with Crippen LogP contribution in [0.3, 0.4) is 0 Å². The summed E-state index contributed by atoms with van der Waals surface area (Å²) in [5.41, 5.74) is -1.81. The number of halogens is 8. The van der Waals surface area contributed by atoms with E-state index in [1.807, 2.05) is 4.90 Å². The predicted octanol–water partition coefficient (Wildman–Crippen LogP) is 12.3. The number of aromatic nitrogens is 12. The minimum absolute atomic E-state index is 0. The maximum atomic E-state index is 14.0. The molecule has 0 spiro atoms. The van der Waals surface area contributed by atoms with Crippen molar-refractivity contribution < 1.29 is 92.7 Å². The van der Waals surface area contributed by atoms with E-state index in [4.69, 9.17) is 69.5 Å². The third-order valence-electron chi connectivity index (χ3n) is 17.2.